The van der Waals surface area contributed by atoms with Gasteiger partial charge in [-0.2, -0.15) is 0 Å². The van der Waals surface area contributed by atoms with Gasteiger partial charge in [-0.25, -0.2) is 0 Å². The molecule has 1 aliphatic heterocycles. The van der Waals surface area contributed by atoms with Crippen molar-refractivity contribution in [1.29, 1.82) is 0 Å². The maximum Gasteiger partial charge on any atom is 0.223 e. The summed E-state index contributed by atoms with van der Waals surface area (Å²) in [7, 11) is 0. The first-order chi connectivity index (χ1) is 9.08. The van der Waals surface area contributed by atoms with Crippen LogP contribution in [0.3, 0.4) is 0 Å². The Morgan fingerprint density at radius 2 is 1.79 bits per heavy atom. The second-order valence-corrected chi connectivity index (χ2v) is 5.33. The minimum absolute atomic E-state index is 0.0775. The number of aryl methyl sites for hydroxylation is 2. The molecule has 0 aromatic heterocycles. The molecule has 1 fully saturated rings. The van der Waals surface area contributed by atoms with Crippen LogP contribution in [0.4, 0.5) is 0 Å². The lowest BCUT2D eigenvalue weighted by molar-refractivity contribution is -0.130. The van der Waals surface area contributed by atoms with Crippen LogP contribution in [0.25, 0.3) is 0 Å². The van der Waals surface area contributed by atoms with E-state index in [2.05, 4.69) is 0 Å². The smallest absolute Gasteiger partial charge is 0.223 e. The van der Waals surface area contributed by atoms with E-state index in [0.29, 0.717) is 12.8 Å². The Kier molecular flexibility index (Phi) is 4.35. The van der Waals surface area contributed by atoms with Gasteiger partial charge in [0.15, 0.2) is 5.78 Å². The van der Waals surface area contributed by atoms with E-state index in [-0.39, 0.29) is 11.7 Å². The molecular weight excluding hydrogens is 238 g/mol. The van der Waals surface area contributed by atoms with Gasteiger partial charge in [0.1, 0.15) is 0 Å². The molecule has 1 aliphatic rings. The second kappa shape index (κ2) is 6.00. The highest BCUT2D eigenvalue weighted by atomic mass is 16.2. The molecule has 2 rings (SSSR count). The van der Waals surface area contributed by atoms with Crippen LogP contribution in [0.5, 0.6) is 0 Å². The number of benzene rings is 1. The predicted molar refractivity (Wildman–Crippen MR) is 75.3 cm³/mol. The standard InChI is InChI=1S/C16H21NO2/c1-12-5-6-13(2)14(11-12)15(18)7-8-16(19)17-9-3-4-10-17/h5-6,11H,3-4,7-10H2,1-2H3. The van der Waals surface area contributed by atoms with Gasteiger partial charge in [-0.15, -0.1) is 0 Å². The van der Waals surface area contributed by atoms with Crippen LogP contribution in [-0.4, -0.2) is 29.7 Å². The maximum absolute atomic E-state index is 12.2. The largest absolute Gasteiger partial charge is 0.343 e. The van der Waals surface area contributed by atoms with Crippen LogP contribution in [0, 0.1) is 13.8 Å². The number of Topliss-reactive ketones (excluding diaryl/α,β-unsaturated/α-hetero) is 1. The SMILES string of the molecule is Cc1ccc(C)c(C(=O)CCC(=O)N2CCCC2)c1. The van der Waals surface area contributed by atoms with E-state index in [0.717, 1.165) is 42.6 Å². The summed E-state index contributed by atoms with van der Waals surface area (Å²) in [6.45, 7) is 5.63. The van der Waals surface area contributed by atoms with Crippen molar-refractivity contribution >= 4 is 11.7 Å². The molecule has 3 heteroatoms. The van der Waals surface area contributed by atoms with Gasteiger partial charge >= 0.3 is 0 Å². The molecule has 0 atom stereocenters. The minimum Gasteiger partial charge on any atom is -0.343 e. The Bertz CT molecular complexity index is 488. The number of carbonyl (C=O) groups is 2. The number of amides is 1. The van der Waals surface area contributed by atoms with E-state index in [1.807, 2.05) is 36.9 Å². The summed E-state index contributed by atoms with van der Waals surface area (Å²) in [6.07, 6.45) is 2.85. The zero-order valence-corrected chi connectivity index (χ0v) is 11.7. The molecule has 0 N–H and O–H groups in total. The molecule has 1 aromatic carbocycles. The first-order valence-electron chi connectivity index (χ1n) is 6.96. The number of ketones is 1. The Labute approximate surface area is 114 Å². The number of carbonyl (C=O) groups excluding carboxylic acids is 2. The van der Waals surface area contributed by atoms with Crippen molar-refractivity contribution in [3.05, 3.63) is 34.9 Å². The summed E-state index contributed by atoms with van der Waals surface area (Å²) in [6, 6.07) is 5.88. The fourth-order valence-electron chi connectivity index (χ4n) is 2.52. The summed E-state index contributed by atoms with van der Waals surface area (Å²) in [5, 5.41) is 0. The van der Waals surface area contributed by atoms with E-state index in [9.17, 15) is 9.59 Å². The third-order valence-electron chi connectivity index (χ3n) is 3.72. The average Bonchev–Trinajstić information content (AvgIpc) is 2.92. The molecule has 3 nitrogen and oxygen atoms in total. The Morgan fingerprint density at radius 3 is 2.47 bits per heavy atom. The van der Waals surface area contributed by atoms with E-state index in [1.54, 1.807) is 0 Å². The summed E-state index contributed by atoms with van der Waals surface area (Å²) in [5.41, 5.74) is 2.83. The van der Waals surface area contributed by atoms with Crippen molar-refractivity contribution in [2.75, 3.05) is 13.1 Å². The maximum atomic E-state index is 12.2. The topological polar surface area (TPSA) is 37.4 Å². The summed E-state index contributed by atoms with van der Waals surface area (Å²) in [4.78, 5) is 25.9. The average molecular weight is 259 g/mol. The highest BCUT2D eigenvalue weighted by Crippen LogP contribution is 2.15. The lowest BCUT2D eigenvalue weighted by atomic mass is 9.99. The summed E-state index contributed by atoms with van der Waals surface area (Å²) >= 11 is 0. The first-order valence-corrected chi connectivity index (χ1v) is 6.96. The number of rotatable bonds is 4. The van der Waals surface area contributed by atoms with E-state index >= 15 is 0 Å². The molecule has 1 saturated heterocycles. The molecule has 1 heterocycles. The van der Waals surface area contributed by atoms with Gasteiger partial charge in [-0.05, 0) is 38.3 Å². The van der Waals surface area contributed by atoms with Crippen molar-refractivity contribution in [1.82, 2.24) is 4.90 Å². The molecule has 0 unspecified atom stereocenters. The molecule has 1 aromatic rings. The van der Waals surface area contributed by atoms with Gasteiger partial charge in [0.05, 0.1) is 0 Å². The lowest BCUT2D eigenvalue weighted by Gasteiger charge is -2.14. The second-order valence-electron chi connectivity index (χ2n) is 5.33. The number of hydrogen-bond donors (Lipinski definition) is 0. The number of hydrogen-bond acceptors (Lipinski definition) is 2. The van der Waals surface area contributed by atoms with Crippen molar-refractivity contribution in [2.45, 2.75) is 39.5 Å². The van der Waals surface area contributed by atoms with Crippen LogP contribution >= 0.6 is 0 Å². The van der Waals surface area contributed by atoms with E-state index in [1.165, 1.54) is 0 Å². The molecule has 0 spiro atoms. The number of likely N-dealkylation sites (tertiary alicyclic amines) is 1. The molecule has 0 aliphatic carbocycles. The molecule has 0 saturated carbocycles. The predicted octanol–water partition coefficient (Wildman–Crippen LogP) is 2.89. The van der Waals surface area contributed by atoms with Crippen LogP contribution in [-0.2, 0) is 4.79 Å². The molecule has 0 bridgehead atoms. The van der Waals surface area contributed by atoms with Gasteiger partial charge in [0.25, 0.3) is 0 Å². The van der Waals surface area contributed by atoms with Crippen LogP contribution < -0.4 is 0 Å². The highest BCUT2D eigenvalue weighted by molar-refractivity contribution is 5.99. The molecule has 19 heavy (non-hydrogen) atoms. The van der Waals surface area contributed by atoms with Gasteiger partial charge in [0, 0.05) is 31.5 Å². The van der Waals surface area contributed by atoms with Crippen molar-refractivity contribution < 1.29 is 9.59 Å². The zero-order valence-electron chi connectivity index (χ0n) is 11.7. The molecular formula is C16H21NO2. The van der Waals surface area contributed by atoms with E-state index in [4.69, 9.17) is 0 Å². The summed E-state index contributed by atoms with van der Waals surface area (Å²) < 4.78 is 0. The van der Waals surface area contributed by atoms with E-state index < -0.39 is 0 Å². The third-order valence-corrected chi connectivity index (χ3v) is 3.72. The fraction of sp³-hybridized carbons (Fsp3) is 0.500. The fourth-order valence-corrected chi connectivity index (χ4v) is 2.52. The van der Waals surface area contributed by atoms with Gasteiger partial charge < -0.3 is 4.90 Å². The Balaban J connectivity index is 1.93. The first kappa shape index (κ1) is 13.8. The molecule has 0 radical (unpaired) electrons. The highest BCUT2D eigenvalue weighted by Gasteiger charge is 2.19. The number of nitrogens with zero attached hydrogens (tertiary/aromatic N) is 1. The van der Waals surface area contributed by atoms with Crippen LogP contribution in [0.1, 0.15) is 47.2 Å². The van der Waals surface area contributed by atoms with Gasteiger partial charge in [0.2, 0.25) is 5.91 Å². The minimum atomic E-state index is 0.0775. The molecule has 102 valence electrons. The van der Waals surface area contributed by atoms with Gasteiger partial charge in [-0.1, -0.05) is 17.7 Å². The lowest BCUT2D eigenvalue weighted by Crippen LogP contribution is -2.27. The van der Waals surface area contributed by atoms with Crippen LogP contribution in [0.15, 0.2) is 18.2 Å². The zero-order chi connectivity index (χ0) is 13.8. The quantitative estimate of drug-likeness (QED) is 0.780. The Hall–Kier alpha value is -1.64. The normalized spacial score (nSPS) is 14.7. The van der Waals surface area contributed by atoms with Crippen molar-refractivity contribution in [3.8, 4) is 0 Å². The van der Waals surface area contributed by atoms with Crippen LogP contribution in [0.2, 0.25) is 0 Å². The van der Waals surface area contributed by atoms with Crippen molar-refractivity contribution in [3.63, 3.8) is 0 Å². The van der Waals surface area contributed by atoms with Gasteiger partial charge in [-0.3, -0.25) is 9.59 Å². The third kappa shape index (κ3) is 3.43. The monoisotopic (exact) mass is 259 g/mol. The van der Waals surface area contributed by atoms with Crippen molar-refractivity contribution in [2.24, 2.45) is 0 Å². The molecule has 1 amide bonds. The summed E-state index contributed by atoms with van der Waals surface area (Å²) in [5.74, 6) is 0.199. The Morgan fingerprint density at radius 1 is 1.11 bits per heavy atom.